The van der Waals surface area contributed by atoms with Crippen molar-refractivity contribution in [3.05, 3.63) is 41.1 Å². The molecule has 0 bridgehead atoms. The first-order valence-electron chi connectivity index (χ1n) is 8.98. The highest BCUT2D eigenvalue weighted by atomic mass is 16.6. The second-order valence-corrected chi connectivity index (χ2v) is 7.59. The number of esters is 1. The molecule has 0 saturated heterocycles. The Morgan fingerprint density at radius 1 is 1.20 bits per heavy atom. The molecular formula is C20H23NO4. The van der Waals surface area contributed by atoms with Crippen molar-refractivity contribution in [2.24, 2.45) is 0 Å². The van der Waals surface area contributed by atoms with Crippen LogP contribution in [0.2, 0.25) is 0 Å². The predicted octanol–water partition coefficient (Wildman–Crippen LogP) is 3.20. The molecule has 25 heavy (non-hydrogen) atoms. The number of ether oxygens (including phenoxy) is 2. The molecule has 132 valence electrons. The van der Waals surface area contributed by atoms with Crippen molar-refractivity contribution in [2.75, 3.05) is 0 Å². The van der Waals surface area contributed by atoms with Crippen LogP contribution in [-0.4, -0.2) is 23.6 Å². The number of hydrogen-bond acceptors (Lipinski definition) is 4. The number of amides is 1. The zero-order valence-corrected chi connectivity index (χ0v) is 14.6. The Labute approximate surface area is 147 Å². The van der Waals surface area contributed by atoms with Crippen molar-refractivity contribution in [2.45, 2.75) is 63.6 Å². The van der Waals surface area contributed by atoms with Crippen LogP contribution in [0.25, 0.3) is 0 Å². The van der Waals surface area contributed by atoms with E-state index in [1.54, 1.807) is 13.8 Å². The summed E-state index contributed by atoms with van der Waals surface area (Å²) in [7, 11) is 0. The van der Waals surface area contributed by atoms with Crippen LogP contribution in [0, 0.1) is 0 Å². The summed E-state index contributed by atoms with van der Waals surface area (Å²) in [6, 6.07) is 7.79. The van der Waals surface area contributed by atoms with E-state index in [2.05, 4.69) is 5.32 Å². The number of carbonyl (C=O) groups excluding carboxylic acids is 2. The lowest BCUT2D eigenvalue weighted by Gasteiger charge is -2.27. The fraction of sp³-hybridized carbons (Fsp3) is 0.500. The predicted molar refractivity (Wildman–Crippen MR) is 92.0 cm³/mol. The molecule has 1 atom stereocenters. The van der Waals surface area contributed by atoms with Gasteiger partial charge in [0.05, 0.1) is 17.4 Å². The van der Waals surface area contributed by atoms with Gasteiger partial charge in [0.25, 0.3) is 0 Å². The molecule has 5 nitrogen and oxygen atoms in total. The summed E-state index contributed by atoms with van der Waals surface area (Å²) in [6.07, 6.45) is 5.12. The monoisotopic (exact) mass is 341 g/mol. The van der Waals surface area contributed by atoms with Crippen molar-refractivity contribution >= 4 is 11.9 Å². The highest BCUT2D eigenvalue weighted by Crippen LogP contribution is 2.43. The van der Waals surface area contributed by atoms with Crippen molar-refractivity contribution < 1.29 is 19.1 Å². The Bertz CT molecular complexity index is 759. The molecule has 1 saturated carbocycles. The van der Waals surface area contributed by atoms with Gasteiger partial charge in [-0.15, -0.1) is 0 Å². The Kier molecular flexibility index (Phi) is 3.82. The van der Waals surface area contributed by atoms with E-state index in [1.807, 2.05) is 24.3 Å². The third-order valence-electron chi connectivity index (χ3n) is 5.31. The summed E-state index contributed by atoms with van der Waals surface area (Å²) in [5, 5.41) is 2.84. The maximum Gasteiger partial charge on any atom is 0.337 e. The van der Waals surface area contributed by atoms with Gasteiger partial charge in [-0.3, -0.25) is 4.79 Å². The lowest BCUT2D eigenvalue weighted by molar-refractivity contribution is -0.144. The average molecular weight is 341 g/mol. The van der Waals surface area contributed by atoms with Crippen LogP contribution >= 0.6 is 0 Å². The molecule has 0 unspecified atom stereocenters. The van der Waals surface area contributed by atoms with E-state index in [-0.39, 0.29) is 30.3 Å². The van der Waals surface area contributed by atoms with Crippen LogP contribution in [0.4, 0.5) is 0 Å². The molecule has 5 heteroatoms. The Hall–Kier alpha value is -2.30. The van der Waals surface area contributed by atoms with E-state index >= 15 is 0 Å². The van der Waals surface area contributed by atoms with E-state index in [0.717, 1.165) is 24.2 Å². The number of carbonyl (C=O) groups is 2. The lowest BCUT2D eigenvalue weighted by atomic mass is 9.83. The van der Waals surface area contributed by atoms with Crippen LogP contribution in [0.3, 0.4) is 0 Å². The molecule has 3 aliphatic rings. The summed E-state index contributed by atoms with van der Waals surface area (Å²) in [5.41, 5.74) is 1.30. The summed E-state index contributed by atoms with van der Waals surface area (Å²) in [5.74, 6) is 0.0951. The summed E-state index contributed by atoms with van der Waals surface area (Å²) < 4.78 is 11.6. The van der Waals surface area contributed by atoms with E-state index in [4.69, 9.17) is 9.47 Å². The molecular weight excluding hydrogens is 318 g/mol. The highest BCUT2D eigenvalue weighted by molar-refractivity contribution is 5.99. The zero-order chi connectivity index (χ0) is 17.6. The smallest absolute Gasteiger partial charge is 0.337 e. The van der Waals surface area contributed by atoms with Crippen LogP contribution in [0.1, 0.15) is 57.4 Å². The second-order valence-electron chi connectivity index (χ2n) is 7.59. The molecule has 1 aliphatic carbocycles. The normalized spacial score (nSPS) is 25.6. The Morgan fingerprint density at radius 2 is 1.96 bits per heavy atom. The van der Waals surface area contributed by atoms with E-state index < -0.39 is 5.60 Å². The summed E-state index contributed by atoms with van der Waals surface area (Å²) in [4.78, 5) is 24.6. The molecule has 0 aromatic heterocycles. The van der Waals surface area contributed by atoms with Crippen LogP contribution in [0.15, 0.2) is 35.5 Å². The first-order chi connectivity index (χ1) is 11.9. The minimum atomic E-state index is -0.793. The Balaban J connectivity index is 1.67. The van der Waals surface area contributed by atoms with Gasteiger partial charge < -0.3 is 14.8 Å². The van der Waals surface area contributed by atoms with Crippen LogP contribution < -0.4 is 10.1 Å². The van der Waals surface area contributed by atoms with Crippen molar-refractivity contribution in [1.29, 1.82) is 0 Å². The molecule has 1 aromatic rings. The lowest BCUT2D eigenvalue weighted by Crippen LogP contribution is -2.38. The molecule has 1 N–H and O–H groups in total. The number of benzene rings is 1. The van der Waals surface area contributed by atoms with Gasteiger partial charge in [0.1, 0.15) is 11.4 Å². The molecule has 2 heterocycles. The van der Waals surface area contributed by atoms with Gasteiger partial charge in [-0.2, -0.15) is 0 Å². The summed E-state index contributed by atoms with van der Waals surface area (Å²) >= 11 is 0. The maximum absolute atomic E-state index is 12.4. The number of nitrogens with one attached hydrogen (secondary N) is 1. The van der Waals surface area contributed by atoms with E-state index in [0.29, 0.717) is 11.3 Å². The van der Waals surface area contributed by atoms with Crippen LogP contribution in [0.5, 0.6) is 5.75 Å². The topological polar surface area (TPSA) is 64.6 Å². The Morgan fingerprint density at radius 3 is 2.72 bits per heavy atom. The fourth-order valence-corrected chi connectivity index (χ4v) is 4.06. The fourth-order valence-electron chi connectivity index (χ4n) is 4.06. The third-order valence-corrected chi connectivity index (χ3v) is 5.31. The number of hydrogen-bond donors (Lipinski definition) is 1. The number of cyclic esters (lactones) is 1. The SMILES string of the molecule is CC1(C)OC(=O)C2=C1NC(=O)C[C@H]2c1cccc(OC2CCCC2)c1. The van der Waals surface area contributed by atoms with Gasteiger partial charge in [-0.1, -0.05) is 12.1 Å². The molecule has 0 spiro atoms. The first-order valence-corrected chi connectivity index (χ1v) is 8.98. The van der Waals surface area contributed by atoms with Gasteiger partial charge in [0, 0.05) is 12.3 Å². The molecule has 1 amide bonds. The van der Waals surface area contributed by atoms with Crippen molar-refractivity contribution in [3.63, 3.8) is 0 Å². The third kappa shape index (κ3) is 2.92. The van der Waals surface area contributed by atoms with Crippen molar-refractivity contribution in [3.8, 4) is 5.75 Å². The first kappa shape index (κ1) is 16.2. The quantitative estimate of drug-likeness (QED) is 0.858. The molecule has 4 rings (SSSR count). The number of rotatable bonds is 3. The average Bonchev–Trinajstić information content (AvgIpc) is 3.14. The van der Waals surface area contributed by atoms with Gasteiger partial charge in [-0.25, -0.2) is 4.79 Å². The van der Waals surface area contributed by atoms with Gasteiger partial charge in [-0.05, 0) is 57.2 Å². The van der Waals surface area contributed by atoms with Gasteiger partial charge >= 0.3 is 5.97 Å². The standard InChI is InChI=1S/C20H23NO4/c1-20(2)18-17(19(23)25-20)15(11-16(22)21-18)12-6-5-9-14(10-12)24-13-7-3-4-8-13/h5-6,9-10,13,15H,3-4,7-8,11H2,1-2H3,(H,21,22)/t15-/m0/s1. The molecule has 1 fully saturated rings. The van der Waals surface area contributed by atoms with E-state index in [9.17, 15) is 9.59 Å². The van der Waals surface area contributed by atoms with Crippen molar-refractivity contribution in [1.82, 2.24) is 5.32 Å². The highest BCUT2D eigenvalue weighted by Gasteiger charge is 2.47. The second kappa shape index (κ2) is 5.90. The minimum Gasteiger partial charge on any atom is -0.490 e. The largest absolute Gasteiger partial charge is 0.490 e. The zero-order valence-electron chi connectivity index (χ0n) is 14.6. The minimum absolute atomic E-state index is 0.0859. The maximum atomic E-state index is 12.4. The van der Waals surface area contributed by atoms with Gasteiger partial charge in [0.2, 0.25) is 5.91 Å². The molecule has 0 radical (unpaired) electrons. The van der Waals surface area contributed by atoms with Crippen LogP contribution in [-0.2, 0) is 14.3 Å². The molecule has 2 aliphatic heterocycles. The summed E-state index contributed by atoms with van der Waals surface area (Å²) in [6.45, 7) is 3.60. The van der Waals surface area contributed by atoms with E-state index in [1.165, 1.54) is 12.8 Å². The van der Waals surface area contributed by atoms with Gasteiger partial charge in [0.15, 0.2) is 0 Å². The molecule has 1 aromatic carbocycles.